The minimum absolute atomic E-state index is 0.164. The summed E-state index contributed by atoms with van der Waals surface area (Å²) in [7, 11) is 1.58. The highest BCUT2D eigenvalue weighted by molar-refractivity contribution is 5.86. The van der Waals surface area contributed by atoms with Crippen molar-refractivity contribution in [3.63, 3.8) is 0 Å². The highest BCUT2D eigenvalue weighted by atomic mass is 16.5. The van der Waals surface area contributed by atoms with Gasteiger partial charge in [-0.05, 0) is 36.1 Å². The molecule has 2 amide bonds. The second-order valence-electron chi connectivity index (χ2n) is 5.92. The van der Waals surface area contributed by atoms with Crippen LogP contribution >= 0.6 is 0 Å². The van der Waals surface area contributed by atoms with Crippen LogP contribution in [0.2, 0.25) is 0 Å². The zero-order chi connectivity index (χ0) is 18.1. The summed E-state index contributed by atoms with van der Waals surface area (Å²) in [5.74, 6) is -0.00300. The van der Waals surface area contributed by atoms with Crippen LogP contribution < -0.4 is 15.8 Å². The number of carbonyl (C=O) groups excluding carboxylic acids is 2. The van der Waals surface area contributed by atoms with Gasteiger partial charge in [-0.2, -0.15) is 0 Å². The van der Waals surface area contributed by atoms with Gasteiger partial charge >= 0.3 is 0 Å². The molecular weight excluding hydrogens is 316 g/mol. The number of carbonyl (C=O) groups is 2. The third kappa shape index (κ3) is 6.30. The van der Waals surface area contributed by atoms with E-state index < -0.39 is 11.9 Å². The summed E-state index contributed by atoms with van der Waals surface area (Å²) >= 11 is 0. The molecule has 0 aliphatic heterocycles. The Hall–Kier alpha value is -2.82. The van der Waals surface area contributed by atoms with Crippen LogP contribution in [-0.4, -0.2) is 25.0 Å². The minimum Gasteiger partial charge on any atom is -0.497 e. The van der Waals surface area contributed by atoms with E-state index in [9.17, 15) is 9.59 Å². The average molecular weight is 340 g/mol. The fourth-order valence-electron chi connectivity index (χ4n) is 2.62. The summed E-state index contributed by atoms with van der Waals surface area (Å²) in [4.78, 5) is 23.8. The summed E-state index contributed by atoms with van der Waals surface area (Å²) in [5.41, 5.74) is 7.51. The van der Waals surface area contributed by atoms with Crippen LogP contribution in [0.1, 0.15) is 24.0 Å². The van der Waals surface area contributed by atoms with E-state index >= 15 is 0 Å². The van der Waals surface area contributed by atoms with Crippen molar-refractivity contribution in [2.24, 2.45) is 5.73 Å². The largest absolute Gasteiger partial charge is 0.497 e. The Morgan fingerprint density at radius 2 is 1.80 bits per heavy atom. The molecule has 0 saturated carbocycles. The molecule has 5 heteroatoms. The van der Waals surface area contributed by atoms with Gasteiger partial charge in [0.25, 0.3) is 0 Å². The number of hydrogen-bond donors (Lipinski definition) is 2. The lowest BCUT2D eigenvalue weighted by Crippen LogP contribution is -2.45. The quantitative estimate of drug-likeness (QED) is 0.734. The number of benzene rings is 2. The van der Waals surface area contributed by atoms with E-state index in [-0.39, 0.29) is 5.91 Å². The van der Waals surface area contributed by atoms with Crippen molar-refractivity contribution >= 4 is 11.8 Å². The molecule has 0 spiro atoms. The second kappa shape index (κ2) is 9.47. The van der Waals surface area contributed by atoms with Crippen LogP contribution in [0.4, 0.5) is 0 Å². The SMILES string of the molecule is COc1cccc(C[C@H](NC(=O)CCCc2ccccc2)C(N)=O)c1. The predicted molar refractivity (Wildman–Crippen MR) is 97.2 cm³/mol. The molecule has 0 saturated heterocycles. The monoisotopic (exact) mass is 340 g/mol. The second-order valence-corrected chi connectivity index (χ2v) is 5.92. The maximum atomic E-state index is 12.1. The van der Waals surface area contributed by atoms with Gasteiger partial charge in [-0.15, -0.1) is 0 Å². The van der Waals surface area contributed by atoms with E-state index in [1.54, 1.807) is 7.11 Å². The molecule has 0 fully saturated rings. The summed E-state index contributed by atoms with van der Waals surface area (Å²) < 4.78 is 5.17. The van der Waals surface area contributed by atoms with E-state index in [1.165, 1.54) is 5.56 Å². The number of rotatable bonds is 9. The van der Waals surface area contributed by atoms with E-state index in [0.717, 1.165) is 18.4 Å². The zero-order valence-electron chi connectivity index (χ0n) is 14.4. The topological polar surface area (TPSA) is 81.4 Å². The van der Waals surface area contributed by atoms with Crippen molar-refractivity contribution in [3.05, 3.63) is 65.7 Å². The number of aryl methyl sites for hydroxylation is 1. The van der Waals surface area contributed by atoms with Gasteiger partial charge in [-0.25, -0.2) is 0 Å². The molecule has 0 heterocycles. The van der Waals surface area contributed by atoms with Gasteiger partial charge < -0.3 is 15.8 Å². The standard InChI is InChI=1S/C20H24N2O3/c1-25-17-11-5-10-16(13-17)14-18(20(21)24)22-19(23)12-6-9-15-7-3-2-4-8-15/h2-5,7-8,10-11,13,18H,6,9,12,14H2,1H3,(H2,21,24)(H,22,23)/t18-/m0/s1. The van der Waals surface area contributed by atoms with Crippen molar-refractivity contribution in [1.82, 2.24) is 5.32 Å². The van der Waals surface area contributed by atoms with E-state index in [4.69, 9.17) is 10.5 Å². The van der Waals surface area contributed by atoms with Crippen LogP contribution in [0.5, 0.6) is 5.75 Å². The normalized spacial score (nSPS) is 11.6. The number of primary amides is 1. The molecule has 0 unspecified atom stereocenters. The smallest absolute Gasteiger partial charge is 0.240 e. The number of nitrogens with two attached hydrogens (primary N) is 1. The number of nitrogens with one attached hydrogen (secondary N) is 1. The molecule has 2 aromatic rings. The Morgan fingerprint density at radius 3 is 2.48 bits per heavy atom. The molecule has 0 radical (unpaired) electrons. The third-order valence-corrected chi connectivity index (χ3v) is 3.96. The van der Waals surface area contributed by atoms with Gasteiger partial charge in [0.2, 0.25) is 11.8 Å². The fraction of sp³-hybridized carbons (Fsp3) is 0.300. The molecule has 1 atom stereocenters. The lowest BCUT2D eigenvalue weighted by molar-refractivity contribution is -0.127. The molecule has 3 N–H and O–H groups in total. The van der Waals surface area contributed by atoms with Crippen molar-refractivity contribution < 1.29 is 14.3 Å². The van der Waals surface area contributed by atoms with Crippen LogP contribution in [0.3, 0.4) is 0 Å². The van der Waals surface area contributed by atoms with Crippen LogP contribution in [0.25, 0.3) is 0 Å². The predicted octanol–water partition coefficient (Wildman–Crippen LogP) is 2.23. The first-order valence-corrected chi connectivity index (χ1v) is 8.34. The van der Waals surface area contributed by atoms with E-state index in [1.807, 2.05) is 54.6 Å². The highest BCUT2D eigenvalue weighted by Gasteiger charge is 2.18. The first-order valence-electron chi connectivity index (χ1n) is 8.34. The van der Waals surface area contributed by atoms with Crippen molar-refractivity contribution in [2.45, 2.75) is 31.7 Å². The molecular formula is C20H24N2O3. The van der Waals surface area contributed by atoms with Crippen molar-refractivity contribution in [3.8, 4) is 5.75 Å². The number of methoxy groups -OCH3 is 1. The first-order chi connectivity index (χ1) is 12.1. The molecule has 2 rings (SSSR count). The number of hydrogen-bond acceptors (Lipinski definition) is 3. The van der Waals surface area contributed by atoms with Gasteiger partial charge in [-0.1, -0.05) is 42.5 Å². The van der Waals surface area contributed by atoms with Crippen LogP contribution in [-0.2, 0) is 22.4 Å². The molecule has 2 aromatic carbocycles. The van der Waals surface area contributed by atoms with E-state index in [2.05, 4.69) is 5.32 Å². The molecule has 25 heavy (non-hydrogen) atoms. The van der Waals surface area contributed by atoms with Gasteiger partial charge in [0, 0.05) is 12.8 Å². The van der Waals surface area contributed by atoms with Crippen molar-refractivity contribution in [2.75, 3.05) is 7.11 Å². The Kier molecular flexibility index (Phi) is 7.01. The Balaban J connectivity index is 1.85. The van der Waals surface area contributed by atoms with Gasteiger partial charge in [-0.3, -0.25) is 9.59 Å². The van der Waals surface area contributed by atoms with Crippen LogP contribution in [0.15, 0.2) is 54.6 Å². The minimum atomic E-state index is -0.726. The lowest BCUT2D eigenvalue weighted by atomic mass is 10.0. The van der Waals surface area contributed by atoms with Gasteiger partial charge in [0.15, 0.2) is 0 Å². The summed E-state index contributed by atoms with van der Waals surface area (Å²) in [6.07, 6.45) is 2.25. The Bertz CT molecular complexity index is 701. The first kappa shape index (κ1) is 18.5. The van der Waals surface area contributed by atoms with E-state index in [0.29, 0.717) is 18.6 Å². The maximum Gasteiger partial charge on any atom is 0.240 e. The number of ether oxygens (including phenoxy) is 1. The molecule has 132 valence electrons. The Morgan fingerprint density at radius 1 is 1.08 bits per heavy atom. The van der Waals surface area contributed by atoms with Crippen LogP contribution in [0, 0.1) is 0 Å². The zero-order valence-corrected chi connectivity index (χ0v) is 14.4. The lowest BCUT2D eigenvalue weighted by Gasteiger charge is -2.16. The summed E-state index contributed by atoms with van der Waals surface area (Å²) in [6, 6.07) is 16.6. The summed E-state index contributed by atoms with van der Waals surface area (Å²) in [5, 5.41) is 2.73. The molecule has 0 bridgehead atoms. The molecule has 0 aliphatic rings. The number of amides is 2. The fourth-order valence-corrected chi connectivity index (χ4v) is 2.62. The molecule has 5 nitrogen and oxygen atoms in total. The maximum absolute atomic E-state index is 12.1. The molecule has 0 aromatic heterocycles. The third-order valence-electron chi connectivity index (χ3n) is 3.96. The Labute approximate surface area is 148 Å². The highest BCUT2D eigenvalue weighted by Crippen LogP contribution is 2.14. The summed E-state index contributed by atoms with van der Waals surface area (Å²) in [6.45, 7) is 0. The average Bonchev–Trinajstić information content (AvgIpc) is 2.62. The van der Waals surface area contributed by atoms with Gasteiger partial charge in [0.1, 0.15) is 11.8 Å². The van der Waals surface area contributed by atoms with Gasteiger partial charge in [0.05, 0.1) is 7.11 Å². The van der Waals surface area contributed by atoms with Crippen molar-refractivity contribution in [1.29, 1.82) is 0 Å². The molecule has 0 aliphatic carbocycles.